The SMILES string of the molecule is O=C(CCCOc1c(F)cccc1Cl)c1cccs1. The van der Waals surface area contributed by atoms with Gasteiger partial charge in [-0.1, -0.05) is 23.7 Å². The first-order valence-corrected chi connectivity index (χ1v) is 7.08. The lowest BCUT2D eigenvalue weighted by Gasteiger charge is -2.08. The van der Waals surface area contributed by atoms with E-state index in [4.69, 9.17) is 16.3 Å². The number of carbonyl (C=O) groups excluding carboxylic acids is 1. The minimum Gasteiger partial charge on any atom is -0.489 e. The average molecular weight is 299 g/mol. The van der Waals surface area contributed by atoms with E-state index in [9.17, 15) is 9.18 Å². The lowest BCUT2D eigenvalue weighted by atomic mass is 10.2. The molecule has 0 aliphatic rings. The molecule has 0 unspecified atom stereocenters. The molecule has 0 spiro atoms. The molecule has 0 bridgehead atoms. The normalized spacial score (nSPS) is 10.4. The Kier molecular flexibility index (Phi) is 4.93. The zero-order valence-electron chi connectivity index (χ0n) is 10.1. The van der Waals surface area contributed by atoms with Crippen molar-refractivity contribution in [2.45, 2.75) is 12.8 Å². The fourth-order valence-electron chi connectivity index (χ4n) is 1.59. The van der Waals surface area contributed by atoms with E-state index in [-0.39, 0.29) is 23.2 Å². The van der Waals surface area contributed by atoms with Gasteiger partial charge < -0.3 is 4.74 Å². The predicted octanol–water partition coefficient (Wildman–Crippen LogP) is 4.58. The largest absolute Gasteiger partial charge is 0.489 e. The van der Waals surface area contributed by atoms with Gasteiger partial charge in [-0.25, -0.2) is 4.39 Å². The first-order valence-electron chi connectivity index (χ1n) is 5.82. The van der Waals surface area contributed by atoms with Crippen molar-refractivity contribution in [2.75, 3.05) is 6.61 Å². The van der Waals surface area contributed by atoms with Crippen molar-refractivity contribution in [2.24, 2.45) is 0 Å². The number of ketones is 1. The Labute approximate surface area is 119 Å². The molecule has 0 atom stereocenters. The molecule has 0 fully saturated rings. The van der Waals surface area contributed by atoms with Gasteiger partial charge in [0.25, 0.3) is 0 Å². The molecule has 0 aliphatic carbocycles. The van der Waals surface area contributed by atoms with Crippen LogP contribution in [-0.2, 0) is 0 Å². The molecule has 0 saturated carbocycles. The van der Waals surface area contributed by atoms with E-state index < -0.39 is 5.82 Å². The van der Waals surface area contributed by atoms with Gasteiger partial charge in [-0.05, 0) is 30.0 Å². The summed E-state index contributed by atoms with van der Waals surface area (Å²) in [4.78, 5) is 12.4. The monoisotopic (exact) mass is 298 g/mol. The van der Waals surface area contributed by atoms with E-state index in [0.717, 1.165) is 4.88 Å². The molecule has 2 nitrogen and oxygen atoms in total. The van der Waals surface area contributed by atoms with Gasteiger partial charge in [0.05, 0.1) is 16.5 Å². The third-order valence-electron chi connectivity index (χ3n) is 2.51. The fourth-order valence-corrected chi connectivity index (χ4v) is 2.50. The summed E-state index contributed by atoms with van der Waals surface area (Å²) in [7, 11) is 0. The standard InChI is InChI=1S/C14H12ClFO2S/c15-10-4-1-5-11(16)14(10)18-8-2-6-12(17)13-7-3-9-19-13/h1,3-5,7,9H,2,6,8H2. The van der Waals surface area contributed by atoms with E-state index in [1.54, 1.807) is 12.1 Å². The van der Waals surface area contributed by atoms with Gasteiger partial charge in [-0.2, -0.15) is 0 Å². The summed E-state index contributed by atoms with van der Waals surface area (Å²) in [6, 6.07) is 8.01. The van der Waals surface area contributed by atoms with E-state index in [1.807, 2.05) is 11.4 Å². The Morgan fingerprint density at radius 2 is 2.16 bits per heavy atom. The molecule has 19 heavy (non-hydrogen) atoms. The lowest BCUT2D eigenvalue weighted by Crippen LogP contribution is -2.03. The maximum Gasteiger partial charge on any atom is 0.173 e. The summed E-state index contributed by atoms with van der Waals surface area (Å²) < 4.78 is 18.7. The van der Waals surface area contributed by atoms with Gasteiger partial charge in [-0.3, -0.25) is 4.79 Å². The van der Waals surface area contributed by atoms with Crippen molar-refractivity contribution in [1.29, 1.82) is 0 Å². The lowest BCUT2D eigenvalue weighted by molar-refractivity contribution is 0.0977. The van der Waals surface area contributed by atoms with Gasteiger partial charge in [-0.15, -0.1) is 11.3 Å². The minimum absolute atomic E-state index is 0.0488. The number of para-hydroxylation sites is 1. The second-order valence-electron chi connectivity index (χ2n) is 3.90. The van der Waals surface area contributed by atoms with E-state index >= 15 is 0 Å². The number of rotatable bonds is 6. The maximum atomic E-state index is 13.4. The number of hydrogen-bond donors (Lipinski definition) is 0. The molecule has 0 aliphatic heterocycles. The molecule has 0 radical (unpaired) electrons. The highest BCUT2D eigenvalue weighted by atomic mass is 35.5. The van der Waals surface area contributed by atoms with Crippen molar-refractivity contribution < 1.29 is 13.9 Å². The third kappa shape index (κ3) is 3.78. The van der Waals surface area contributed by atoms with Crippen LogP contribution in [-0.4, -0.2) is 12.4 Å². The number of hydrogen-bond acceptors (Lipinski definition) is 3. The van der Waals surface area contributed by atoms with Crippen LogP contribution >= 0.6 is 22.9 Å². The summed E-state index contributed by atoms with van der Waals surface area (Å²) >= 11 is 7.24. The fraction of sp³-hybridized carbons (Fsp3) is 0.214. The van der Waals surface area contributed by atoms with Crippen LogP contribution in [0.25, 0.3) is 0 Å². The molecule has 0 saturated heterocycles. The van der Waals surface area contributed by atoms with Crippen molar-refractivity contribution >= 4 is 28.7 Å². The van der Waals surface area contributed by atoms with Gasteiger partial charge in [0.1, 0.15) is 0 Å². The minimum atomic E-state index is -0.489. The first kappa shape index (κ1) is 14.0. The molecule has 1 heterocycles. The van der Waals surface area contributed by atoms with Crippen molar-refractivity contribution in [3.63, 3.8) is 0 Å². The summed E-state index contributed by atoms with van der Waals surface area (Å²) in [5.41, 5.74) is 0. The van der Waals surface area contributed by atoms with Crippen LogP contribution in [0.15, 0.2) is 35.7 Å². The second kappa shape index (κ2) is 6.68. The summed E-state index contributed by atoms with van der Waals surface area (Å²) in [6.45, 7) is 0.262. The van der Waals surface area contributed by atoms with Crippen LogP contribution in [0.5, 0.6) is 5.75 Å². The molecule has 1 aromatic carbocycles. The molecule has 100 valence electrons. The zero-order valence-corrected chi connectivity index (χ0v) is 11.6. The number of Topliss-reactive ketones (excluding diaryl/α,β-unsaturated/α-hetero) is 1. The first-order chi connectivity index (χ1) is 9.18. The highest BCUT2D eigenvalue weighted by Crippen LogP contribution is 2.27. The second-order valence-corrected chi connectivity index (χ2v) is 5.26. The van der Waals surface area contributed by atoms with Gasteiger partial charge in [0.15, 0.2) is 17.3 Å². The van der Waals surface area contributed by atoms with Gasteiger partial charge >= 0.3 is 0 Å². The average Bonchev–Trinajstić information content (AvgIpc) is 2.91. The van der Waals surface area contributed by atoms with E-state index in [1.165, 1.54) is 23.5 Å². The van der Waals surface area contributed by atoms with Crippen molar-refractivity contribution in [1.82, 2.24) is 0 Å². The molecule has 1 aromatic heterocycles. The van der Waals surface area contributed by atoms with Crippen molar-refractivity contribution in [3.8, 4) is 5.75 Å². The topological polar surface area (TPSA) is 26.3 Å². The number of benzene rings is 1. The molecular weight excluding hydrogens is 287 g/mol. The van der Waals surface area contributed by atoms with Crippen LogP contribution in [0.3, 0.4) is 0 Å². The number of carbonyl (C=O) groups is 1. The Bertz CT molecular complexity index is 534. The van der Waals surface area contributed by atoms with Crippen LogP contribution in [0, 0.1) is 5.82 Å². The van der Waals surface area contributed by atoms with Crippen molar-refractivity contribution in [3.05, 3.63) is 51.4 Å². The summed E-state index contributed by atoms with van der Waals surface area (Å²) in [5, 5.41) is 2.10. The molecule has 0 N–H and O–H groups in total. The summed E-state index contributed by atoms with van der Waals surface area (Å²) in [5.74, 6) is -0.358. The molecule has 2 rings (SSSR count). The van der Waals surface area contributed by atoms with E-state index in [0.29, 0.717) is 12.8 Å². The third-order valence-corrected chi connectivity index (χ3v) is 3.72. The smallest absolute Gasteiger partial charge is 0.173 e. The highest BCUT2D eigenvalue weighted by molar-refractivity contribution is 7.12. The van der Waals surface area contributed by atoms with Crippen LogP contribution in [0.2, 0.25) is 5.02 Å². The van der Waals surface area contributed by atoms with Crippen LogP contribution < -0.4 is 4.74 Å². The molecular formula is C14H12ClFO2S. The van der Waals surface area contributed by atoms with Crippen LogP contribution in [0.1, 0.15) is 22.5 Å². The maximum absolute atomic E-state index is 13.4. The molecule has 5 heteroatoms. The summed E-state index contributed by atoms with van der Waals surface area (Å²) in [6.07, 6.45) is 0.911. The number of halogens is 2. The Balaban J connectivity index is 1.80. The number of thiophene rings is 1. The van der Waals surface area contributed by atoms with Gasteiger partial charge in [0, 0.05) is 6.42 Å². The Morgan fingerprint density at radius 3 is 2.84 bits per heavy atom. The van der Waals surface area contributed by atoms with E-state index in [2.05, 4.69) is 0 Å². The Hall–Kier alpha value is -1.39. The molecule has 0 amide bonds. The van der Waals surface area contributed by atoms with Crippen LogP contribution in [0.4, 0.5) is 4.39 Å². The quantitative estimate of drug-likeness (QED) is 0.576. The van der Waals surface area contributed by atoms with Gasteiger partial charge in [0.2, 0.25) is 0 Å². The predicted molar refractivity (Wildman–Crippen MR) is 74.8 cm³/mol. The Morgan fingerprint density at radius 1 is 1.32 bits per heavy atom. The molecule has 2 aromatic rings. The highest BCUT2D eigenvalue weighted by Gasteiger charge is 2.09. The number of ether oxygens (including phenoxy) is 1. The zero-order chi connectivity index (χ0) is 13.7.